The molecule has 1 aromatic rings. The van der Waals surface area contributed by atoms with Crippen molar-refractivity contribution < 1.29 is 19.8 Å². The first kappa shape index (κ1) is 16.5. The number of carbonyl (C=O) groups excluding carboxylic acids is 1. The van der Waals surface area contributed by atoms with Crippen molar-refractivity contribution in [2.24, 2.45) is 0 Å². The Hall–Kier alpha value is -1.56. The van der Waals surface area contributed by atoms with Gasteiger partial charge < -0.3 is 15.5 Å². The quantitative estimate of drug-likeness (QED) is 0.700. The molecule has 0 spiro atoms. The van der Waals surface area contributed by atoms with Gasteiger partial charge in [0.2, 0.25) is 5.91 Å². The Kier molecular flexibility index (Phi) is 6.51. The van der Waals surface area contributed by atoms with Gasteiger partial charge >= 0.3 is 5.97 Å². The number of aliphatic hydroxyl groups is 1. The summed E-state index contributed by atoms with van der Waals surface area (Å²) in [6.45, 7) is -0.332. The van der Waals surface area contributed by atoms with Crippen LogP contribution in [-0.2, 0) is 9.59 Å². The Morgan fingerprint density at radius 2 is 2.05 bits per heavy atom. The van der Waals surface area contributed by atoms with Crippen molar-refractivity contribution in [3.8, 4) is 0 Å². The zero-order valence-corrected chi connectivity index (χ0v) is 11.9. The number of amides is 1. The molecule has 0 fully saturated rings. The van der Waals surface area contributed by atoms with Gasteiger partial charge in [-0.3, -0.25) is 4.79 Å². The first-order valence-corrected chi connectivity index (χ1v) is 6.47. The third-order valence-electron chi connectivity index (χ3n) is 2.43. The Morgan fingerprint density at radius 1 is 1.35 bits per heavy atom. The molecule has 0 radical (unpaired) electrons. The standard InChI is InChI=1S/C13H13Cl2NO4/c14-9-3-1-2-8(12(9)15)4-5-11(18)16-10(6-7-17)13(19)20/h1-5,10,17H,6-7H2,(H,16,18)(H,19,20)/b5-4+. The van der Waals surface area contributed by atoms with E-state index in [2.05, 4.69) is 5.32 Å². The van der Waals surface area contributed by atoms with Gasteiger partial charge in [0.1, 0.15) is 6.04 Å². The molecule has 0 aromatic heterocycles. The highest BCUT2D eigenvalue weighted by molar-refractivity contribution is 6.42. The summed E-state index contributed by atoms with van der Waals surface area (Å²) in [6, 6.07) is 3.83. The molecule has 1 rings (SSSR count). The summed E-state index contributed by atoms with van der Waals surface area (Å²) in [5.41, 5.74) is 0.545. The van der Waals surface area contributed by atoms with E-state index in [-0.39, 0.29) is 13.0 Å². The van der Waals surface area contributed by atoms with E-state index in [4.69, 9.17) is 33.4 Å². The van der Waals surface area contributed by atoms with Crippen molar-refractivity contribution in [2.45, 2.75) is 12.5 Å². The van der Waals surface area contributed by atoms with E-state index in [1.54, 1.807) is 18.2 Å². The Balaban J connectivity index is 2.72. The van der Waals surface area contributed by atoms with Crippen molar-refractivity contribution >= 4 is 41.2 Å². The minimum atomic E-state index is -1.21. The van der Waals surface area contributed by atoms with Crippen LogP contribution < -0.4 is 5.32 Å². The molecular formula is C13H13Cl2NO4. The summed E-state index contributed by atoms with van der Waals surface area (Å²) in [7, 11) is 0. The Bertz CT molecular complexity index is 531. The van der Waals surface area contributed by atoms with Crippen LogP contribution in [0.5, 0.6) is 0 Å². The summed E-state index contributed by atoms with van der Waals surface area (Å²) >= 11 is 11.8. The number of carboxylic acids is 1. The number of nitrogens with one attached hydrogen (secondary N) is 1. The van der Waals surface area contributed by atoms with E-state index < -0.39 is 17.9 Å². The molecule has 0 aliphatic heterocycles. The molecule has 20 heavy (non-hydrogen) atoms. The van der Waals surface area contributed by atoms with Gasteiger partial charge in [-0.25, -0.2) is 4.79 Å². The van der Waals surface area contributed by atoms with E-state index in [0.717, 1.165) is 6.08 Å². The lowest BCUT2D eigenvalue weighted by atomic mass is 10.2. The van der Waals surface area contributed by atoms with Crippen LogP contribution in [0.3, 0.4) is 0 Å². The van der Waals surface area contributed by atoms with Crippen LogP contribution in [0.2, 0.25) is 10.0 Å². The van der Waals surface area contributed by atoms with Crippen LogP contribution in [-0.4, -0.2) is 34.7 Å². The van der Waals surface area contributed by atoms with E-state index in [9.17, 15) is 9.59 Å². The summed E-state index contributed by atoms with van der Waals surface area (Å²) in [6.07, 6.45) is 2.53. The minimum Gasteiger partial charge on any atom is -0.480 e. The van der Waals surface area contributed by atoms with Gasteiger partial charge in [0.05, 0.1) is 10.0 Å². The second-order valence-corrected chi connectivity index (χ2v) is 4.67. The highest BCUT2D eigenvalue weighted by Crippen LogP contribution is 2.26. The lowest BCUT2D eigenvalue weighted by Gasteiger charge is -2.11. The van der Waals surface area contributed by atoms with Gasteiger partial charge in [0, 0.05) is 19.1 Å². The van der Waals surface area contributed by atoms with Crippen LogP contribution in [0, 0.1) is 0 Å². The van der Waals surface area contributed by atoms with Gasteiger partial charge in [-0.2, -0.15) is 0 Å². The van der Waals surface area contributed by atoms with Crippen molar-refractivity contribution in [3.05, 3.63) is 39.9 Å². The number of hydrogen-bond donors (Lipinski definition) is 3. The zero-order chi connectivity index (χ0) is 15.1. The number of aliphatic hydroxyl groups excluding tert-OH is 1. The van der Waals surface area contributed by atoms with E-state index >= 15 is 0 Å². The maximum atomic E-state index is 11.6. The Morgan fingerprint density at radius 3 is 2.65 bits per heavy atom. The first-order chi connectivity index (χ1) is 9.45. The van der Waals surface area contributed by atoms with E-state index in [0.29, 0.717) is 15.6 Å². The predicted molar refractivity (Wildman–Crippen MR) is 76.8 cm³/mol. The molecule has 3 N–H and O–H groups in total. The number of carboxylic acid groups (broad SMARTS) is 1. The molecule has 0 saturated carbocycles. The number of aliphatic carboxylic acids is 1. The Labute approximate surface area is 125 Å². The monoisotopic (exact) mass is 317 g/mol. The largest absolute Gasteiger partial charge is 0.480 e. The second-order valence-electron chi connectivity index (χ2n) is 3.89. The van der Waals surface area contributed by atoms with E-state index in [1.165, 1.54) is 6.08 Å². The lowest BCUT2D eigenvalue weighted by Crippen LogP contribution is -2.40. The fraction of sp³-hybridized carbons (Fsp3) is 0.231. The maximum Gasteiger partial charge on any atom is 0.326 e. The fourth-order valence-electron chi connectivity index (χ4n) is 1.42. The van der Waals surface area contributed by atoms with Crippen LogP contribution in [0.25, 0.3) is 6.08 Å². The number of rotatable bonds is 6. The molecule has 108 valence electrons. The molecule has 1 unspecified atom stereocenters. The minimum absolute atomic E-state index is 0.0627. The van der Waals surface area contributed by atoms with Crippen LogP contribution in [0.15, 0.2) is 24.3 Å². The average Bonchev–Trinajstić information content (AvgIpc) is 2.40. The number of halogens is 2. The lowest BCUT2D eigenvalue weighted by molar-refractivity contribution is -0.141. The smallest absolute Gasteiger partial charge is 0.326 e. The molecule has 0 aliphatic rings. The normalized spacial score (nSPS) is 12.3. The van der Waals surface area contributed by atoms with Gasteiger partial charge in [-0.1, -0.05) is 35.3 Å². The topological polar surface area (TPSA) is 86.6 Å². The van der Waals surface area contributed by atoms with Crippen molar-refractivity contribution in [2.75, 3.05) is 6.61 Å². The molecule has 0 saturated heterocycles. The summed E-state index contributed by atoms with van der Waals surface area (Å²) in [4.78, 5) is 22.4. The molecule has 0 heterocycles. The molecule has 0 aliphatic carbocycles. The van der Waals surface area contributed by atoms with Crippen LogP contribution in [0.1, 0.15) is 12.0 Å². The highest BCUT2D eigenvalue weighted by atomic mass is 35.5. The molecule has 0 bridgehead atoms. The summed E-state index contributed by atoms with van der Waals surface area (Å²) in [5.74, 6) is -1.80. The fourth-order valence-corrected chi connectivity index (χ4v) is 1.79. The average molecular weight is 318 g/mol. The molecule has 1 atom stereocenters. The highest BCUT2D eigenvalue weighted by Gasteiger charge is 2.17. The van der Waals surface area contributed by atoms with Gasteiger partial charge in [-0.15, -0.1) is 0 Å². The zero-order valence-electron chi connectivity index (χ0n) is 10.3. The molecule has 1 aromatic carbocycles. The van der Waals surface area contributed by atoms with Crippen molar-refractivity contribution in [1.29, 1.82) is 0 Å². The predicted octanol–water partition coefficient (Wildman–Crippen LogP) is 1.96. The third kappa shape index (κ3) is 4.85. The number of carbonyl (C=O) groups is 2. The second kappa shape index (κ2) is 7.89. The summed E-state index contributed by atoms with van der Waals surface area (Å²) in [5, 5.41) is 20.5. The summed E-state index contributed by atoms with van der Waals surface area (Å²) < 4.78 is 0. The number of benzene rings is 1. The third-order valence-corrected chi connectivity index (χ3v) is 3.26. The first-order valence-electron chi connectivity index (χ1n) is 5.72. The van der Waals surface area contributed by atoms with Gasteiger partial charge in [-0.05, 0) is 17.7 Å². The van der Waals surface area contributed by atoms with Gasteiger partial charge in [0.25, 0.3) is 0 Å². The van der Waals surface area contributed by atoms with Crippen LogP contribution >= 0.6 is 23.2 Å². The van der Waals surface area contributed by atoms with Gasteiger partial charge in [0.15, 0.2) is 0 Å². The van der Waals surface area contributed by atoms with E-state index in [1.807, 2.05) is 0 Å². The maximum absolute atomic E-state index is 11.6. The molecular weight excluding hydrogens is 305 g/mol. The van der Waals surface area contributed by atoms with Crippen LogP contribution in [0.4, 0.5) is 0 Å². The molecule has 7 heteroatoms. The van der Waals surface area contributed by atoms with Crippen molar-refractivity contribution in [1.82, 2.24) is 5.32 Å². The number of hydrogen-bond acceptors (Lipinski definition) is 3. The molecule has 5 nitrogen and oxygen atoms in total. The van der Waals surface area contributed by atoms with Crippen molar-refractivity contribution in [3.63, 3.8) is 0 Å². The SMILES string of the molecule is O=C(/C=C/c1cccc(Cl)c1Cl)NC(CCO)C(=O)O. The molecule has 1 amide bonds.